The standard InChI is InChI=1S/C18H32N2O3/c1-11(2)16(10-19-17(21)23-18(6,7)8)20-13(4)15-9-12(3)22-14(15)5/h9,11,13,16,20H,10H2,1-8H3,(H,19,21). The molecule has 2 unspecified atom stereocenters. The monoisotopic (exact) mass is 324 g/mol. The Hall–Kier alpha value is -1.49. The highest BCUT2D eigenvalue weighted by Crippen LogP contribution is 2.22. The van der Waals surface area contributed by atoms with Gasteiger partial charge in [-0.1, -0.05) is 13.8 Å². The van der Waals surface area contributed by atoms with E-state index in [0.717, 1.165) is 17.1 Å². The van der Waals surface area contributed by atoms with Gasteiger partial charge < -0.3 is 19.8 Å². The highest BCUT2D eigenvalue weighted by Gasteiger charge is 2.22. The summed E-state index contributed by atoms with van der Waals surface area (Å²) in [5, 5.41) is 6.42. The van der Waals surface area contributed by atoms with Crippen molar-refractivity contribution in [3.8, 4) is 0 Å². The summed E-state index contributed by atoms with van der Waals surface area (Å²) >= 11 is 0. The fourth-order valence-electron chi connectivity index (χ4n) is 2.49. The molecule has 0 aromatic carbocycles. The summed E-state index contributed by atoms with van der Waals surface area (Å²) < 4.78 is 10.9. The third-order valence-electron chi connectivity index (χ3n) is 3.68. The Morgan fingerprint density at radius 1 is 1.26 bits per heavy atom. The predicted molar refractivity (Wildman–Crippen MR) is 92.6 cm³/mol. The van der Waals surface area contributed by atoms with Crippen LogP contribution in [0.4, 0.5) is 4.79 Å². The zero-order valence-corrected chi connectivity index (χ0v) is 15.7. The summed E-state index contributed by atoms with van der Waals surface area (Å²) in [6.45, 7) is 16.4. The second kappa shape index (κ2) is 7.86. The lowest BCUT2D eigenvalue weighted by Gasteiger charge is -2.27. The second-order valence-corrected chi connectivity index (χ2v) is 7.49. The van der Waals surface area contributed by atoms with Gasteiger partial charge in [-0.2, -0.15) is 0 Å². The molecule has 1 heterocycles. The lowest BCUT2D eigenvalue weighted by atomic mass is 10.0. The van der Waals surface area contributed by atoms with Crippen molar-refractivity contribution in [1.29, 1.82) is 0 Å². The van der Waals surface area contributed by atoms with Crippen LogP contribution in [-0.2, 0) is 4.74 Å². The first kappa shape index (κ1) is 19.6. The van der Waals surface area contributed by atoms with Gasteiger partial charge in [-0.15, -0.1) is 0 Å². The summed E-state index contributed by atoms with van der Waals surface area (Å²) in [5.41, 5.74) is 0.675. The number of carbonyl (C=O) groups is 1. The Kier molecular flexibility index (Phi) is 6.69. The van der Waals surface area contributed by atoms with Crippen LogP contribution in [0.1, 0.15) is 64.7 Å². The fraction of sp³-hybridized carbons (Fsp3) is 0.722. The number of amides is 1. The van der Waals surface area contributed by atoms with E-state index >= 15 is 0 Å². The Balaban J connectivity index is 2.62. The number of nitrogens with one attached hydrogen (secondary N) is 2. The first-order valence-corrected chi connectivity index (χ1v) is 8.29. The van der Waals surface area contributed by atoms with E-state index in [4.69, 9.17) is 9.15 Å². The number of ether oxygens (including phenoxy) is 1. The summed E-state index contributed by atoms with van der Waals surface area (Å²) in [4.78, 5) is 11.8. The second-order valence-electron chi connectivity index (χ2n) is 7.49. The normalized spacial score (nSPS) is 14.7. The molecular formula is C18H32N2O3. The molecular weight excluding hydrogens is 292 g/mol. The maximum absolute atomic E-state index is 11.8. The summed E-state index contributed by atoms with van der Waals surface area (Å²) in [7, 11) is 0. The molecule has 0 aliphatic rings. The Morgan fingerprint density at radius 3 is 2.30 bits per heavy atom. The first-order chi connectivity index (χ1) is 10.5. The molecule has 23 heavy (non-hydrogen) atoms. The van der Waals surface area contributed by atoms with E-state index in [9.17, 15) is 4.79 Å². The largest absolute Gasteiger partial charge is 0.466 e. The third-order valence-corrected chi connectivity index (χ3v) is 3.68. The molecule has 1 rings (SSSR count). The number of hydrogen-bond donors (Lipinski definition) is 2. The molecule has 132 valence electrons. The third kappa shape index (κ3) is 6.65. The molecule has 5 heteroatoms. The van der Waals surface area contributed by atoms with Crippen molar-refractivity contribution in [2.24, 2.45) is 5.92 Å². The molecule has 1 aromatic rings. The van der Waals surface area contributed by atoms with E-state index in [1.165, 1.54) is 0 Å². The van der Waals surface area contributed by atoms with E-state index < -0.39 is 5.60 Å². The predicted octanol–water partition coefficient (Wildman–Crippen LogP) is 4.10. The topological polar surface area (TPSA) is 63.5 Å². The fourth-order valence-corrected chi connectivity index (χ4v) is 2.49. The van der Waals surface area contributed by atoms with Crippen molar-refractivity contribution in [2.75, 3.05) is 6.54 Å². The number of carbonyl (C=O) groups excluding carboxylic acids is 1. The van der Waals surface area contributed by atoms with Crippen LogP contribution >= 0.6 is 0 Å². The van der Waals surface area contributed by atoms with Crippen LogP contribution in [0.5, 0.6) is 0 Å². The van der Waals surface area contributed by atoms with E-state index in [-0.39, 0.29) is 18.2 Å². The quantitative estimate of drug-likeness (QED) is 0.827. The van der Waals surface area contributed by atoms with Gasteiger partial charge in [0.15, 0.2) is 0 Å². The first-order valence-electron chi connectivity index (χ1n) is 8.29. The van der Waals surface area contributed by atoms with E-state index in [0.29, 0.717) is 12.5 Å². The summed E-state index contributed by atoms with van der Waals surface area (Å²) in [6, 6.07) is 2.36. The van der Waals surface area contributed by atoms with Crippen LogP contribution in [0.15, 0.2) is 10.5 Å². The van der Waals surface area contributed by atoms with Crippen LogP contribution in [0.25, 0.3) is 0 Å². The van der Waals surface area contributed by atoms with Gasteiger partial charge >= 0.3 is 6.09 Å². The van der Waals surface area contributed by atoms with Crippen molar-refractivity contribution in [1.82, 2.24) is 10.6 Å². The molecule has 0 bridgehead atoms. The molecule has 1 aromatic heterocycles. The smallest absolute Gasteiger partial charge is 0.407 e. The number of alkyl carbamates (subject to hydrolysis) is 1. The van der Waals surface area contributed by atoms with Gasteiger partial charge in [0.1, 0.15) is 17.1 Å². The van der Waals surface area contributed by atoms with Gasteiger partial charge in [0.05, 0.1) is 0 Å². The highest BCUT2D eigenvalue weighted by molar-refractivity contribution is 5.67. The number of rotatable bonds is 6. The molecule has 0 saturated heterocycles. The summed E-state index contributed by atoms with van der Waals surface area (Å²) in [6.07, 6.45) is -0.382. The molecule has 0 aliphatic carbocycles. The molecule has 0 aliphatic heterocycles. The minimum Gasteiger partial charge on any atom is -0.466 e. The number of hydrogen-bond acceptors (Lipinski definition) is 4. The minimum atomic E-state index is -0.483. The summed E-state index contributed by atoms with van der Waals surface area (Å²) in [5.74, 6) is 2.23. The van der Waals surface area contributed by atoms with Crippen molar-refractivity contribution in [2.45, 2.75) is 73.1 Å². The Morgan fingerprint density at radius 2 is 1.87 bits per heavy atom. The number of aryl methyl sites for hydroxylation is 2. The van der Waals surface area contributed by atoms with Crippen LogP contribution in [0, 0.1) is 19.8 Å². The van der Waals surface area contributed by atoms with E-state index in [1.54, 1.807) is 0 Å². The average molecular weight is 324 g/mol. The van der Waals surface area contributed by atoms with Crippen molar-refractivity contribution < 1.29 is 13.9 Å². The van der Waals surface area contributed by atoms with Crippen molar-refractivity contribution in [3.05, 3.63) is 23.2 Å². The van der Waals surface area contributed by atoms with Gasteiger partial charge in [0.2, 0.25) is 0 Å². The molecule has 5 nitrogen and oxygen atoms in total. The van der Waals surface area contributed by atoms with Gasteiger partial charge in [0, 0.05) is 24.2 Å². The maximum atomic E-state index is 11.8. The maximum Gasteiger partial charge on any atom is 0.407 e. The van der Waals surface area contributed by atoms with Crippen molar-refractivity contribution >= 4 is 6.09 Å². The van der Waals surface area contributed by atoms with Gasteiger partial charge in [-0.25, -0.2) is 4.79 Å². The van der Waals surface area contributed by atoms with E-state index in [2.05, 4.69) is 37.5 Å². The van der Waals surface area contributed by atoms with Crippen LogP contribution < -0.4 is 10.6 Å². The van der Waals surface area contributed by atoms with Gasteiger partial charge in [-0.3, -0.25) is 0 Å². The lowest BCUT2D eigenvalue weighted by molar-refractivity contribution is 0.0518. The lowest BCUT2D eigenvalue weighted by Crippen LogP contribution is -2.46. The molecule has 0 saturated carbocycles. The average Bonchev–Trinajstić information content (AvgIpc) is 2.70. The minimum absolute atomic E-state index is 0.145. The zero-order valence-electron chi connectivity index (χ0n) is 15.7. The Bertz CT molecular complexity index is 515. The molecule has 0 radical (unpaired) electrons. The molecule has 0 fully saturated rings. The van der Waals surface area contributed by atoms with Crippen LogP contribution in [0.3, 0.4) is 0 Å². The van der Waals surface area contributed by atoms with E-state index in [1.807, 2.05) is 34.6 Å². The molecule has 0 spiro atoms. The van der Waals surface area contributed by atoms with Crippen LogP contribution in [0.2, 0.25) is 0 Å². The SMILES string of the molecule is Cc1cc(C(C)NC(CNC(=O)OC(C)(C)C)C(C)C)c(C)o1. The molecule has 2 atom stereocenters. The highest BCUT2D eigenvalue weighted by atomic mass is 16.6. The van der Waals surface area contributed by atoms with Crippen molar-refractivity contribution in [3.63, 3.8) is 0 Å². The molecule has 2 N–H and O–H groups in total. The zero-order chi connectivity index (χ0) is 17.8. The number of furan rings is 1. The van der Waals surface area contributed by atoms with Gasteiger partial charge in [-0.05, 0) is 53.5 Å². The van der Waals surface area contributed by atoms with Crippen LogP contribution in [-0.4, -0.2) is 24.3 Å². The van der Waals surface area contributed by atoms with Gasteiger partial charge in [0.25, 0.3) is 0 Å². The molecule has 1 amide bonds. The Labute approximate surface area is 140 Å².